The van der Waals surface area contributed by atoms with Crippen LogP contribution in [0.5, 0.6) is 0 Å². The fourth-order valence-corrected chi connectivity index (χ4v) is 2.25. The van der Waals surface area contributed by atoms with Gasteiger partial charge in [0, 0.05) is 11.4 Å². The minimum Gasteiger partial charge on any atom is -0.480 e. The number of amides is 1. The van der Waals surface area contributed by atoms with Crippen LogP contribution in [0.2, 0.25) is 0 Å². The third kappa shape index (κ3) is 5.46. The van der Waals surface area contributed by atoms with Crippen molar-refractivity contribution in [3.05, 3.63) is 36.9 Å². The van der Waals surface area contributed by atoms with Crippen molar-refractivity contribution in [2.24, 2.45) is 0 Å². The normalized spacial score (nSPS) is 10.3. The molecule has 0 bridgehead atoms. The van der Waals surface area contributed by atoms with Crippen LogP contribution in [0.1, 0.15) is 0 Å². The van der Waals surface area contributed by atoms with Gasteiger partial charge in [0.25, 0.3) is 0 Å². The molecule has 0 aliphatic rings. The van der Waals surface area contributed by atoms with Crippen LogP contribution < -0.4 is 5.32 Å². The van der Waals surface area contributed by atoms with E-state index in [1.165, 1.54) is 16.7 Å². The molecule has 5 nitrogen and oxygen atoms in total. The first-order valence-corrected chi connectivity index (χ1v) is 7.27. The summed E-state index contributed by atoms with van der Waals surface area (Å²) in [7, 11) is 0. The molecule has 1 amide bonds. The van der Waals surface area contributed by atoms with E-state index in [0.717, 1.165) is 10.6 Å². The Bertz CT molecular complexity index is 491. The Morgan fingerprint density at radius 3 is 2.70 bits per heavy atom. The molecule has 0 spiro atoms. The maximum Gasteiger partial charge on any atom is 0.317 e. The van der Waals surface area contributed by atoms with Crippen LogP contribution in [0, 0.1) is 0 Å². The van der Waals surface area contributed by atoms with E-state index < -0.39 is 5.97 Å². The lowest BCUT2D eigenvalue weighted by Crippen LogP contribution is -2.37. The summed E-state index contributed by atoms with van der Waals surface area (Å²) in [6.45, 7) is 3.73. The van der Waals surface area contributed by atoms with Gasteiger partial charge in [-0.3, -0.25) is 14.5 Å². The van der Waals surface area contributed by atoms with Crippen molar-refractivity contribution in [3.63, 3.8) is 0 Å². The SMILES string of the molecule is C=CCN(CC(=O)O)CC(=O)Nc1ccccc1SC. The molecule has 0 aliphatic carbocycles. The molecule has 1 rings (SSSR count). The van der Waals surface area contributed by atoms with Crippen LogP contribution in [-0.4, -0.2) is 47.8 Å². The second-order valence-corrected chi connectivity index (χ2v) is 4.95. The van der Waals surface area contributed by atoms with Crippen LogP contribution in [0.15, 0.2) is 41.8 Å². The molecule has 0 fully saturated rings. The number of para-hydroxylation sites is 1. The highest BCUT2D eigenvalue weighted by Crippen LogP contribution is 2.24. The van der Waals surface area contributed by atoms with Crippen molar-refractivity contribution in [3.8, 4) is 0 Å². The Morgan fingerprint density at radius 2 is 2.10 bits per heavy atom. The van der Waals surface area contributed by atoms with Crippen LogP contribution in [0.25, 0.3) is 0 Å². The Labute approximate surface area is 122 Å². The maximum atomic E-state index is 12.0. The second kappa shape index (κ2) is 8.39. The highest BCUT2D eigenvalue weighted by atomic mass is 32.2. The van der Waals surface area contributed by atoms with E-state index in [1.54, 1.807) is 6.08 Å². The standard InChI is InChI=1S/C14H18N2O3S/c1-3-8-16(10-14(18)19)9-13(17)15-11-6-4-5-7-12(11)20-2/h3-7H,1,8-10H2,2H3,(H,15,17)(H,18,19). The van der Waals surface area contributed by atoms with Gasteiger partial charge >= 0.3 is 5.97 Å². The summed E-state index contributed by atoms with van der Waals surface area (Å²) in [6, 6.07) is 7.47. The number of aliphatic carboxylic acids is 1. The zero-order chi connectivity index (χ0) is 15.0. The third-order valence-corrected chi connectivity index (χ3v) is 3.29. The van der Waals surface area contributed by atoms with Gasteiger partial charge in [0.05, 0.1) is 18.8 Å². The summed E-state index contributed by atoms with van der Waals surface area (Å²) < 4.78 is 0. The van der Waals surface area contributed by atoms with E-state index in [4.69, 9.17) is 5.11 Å². The Kier molecular flexibility index (Phi) is 6.83. The Hall–Kier alpha value is -1.79. The van der Waals surface area contributed by atoms with E-state index >= 15 is 0 Å². The predicted octanol–water partition coefficient (Wildman–Crippen LogP) is 1.92. The Morgan fingerprint density at radius 1 is 1.40 bits per heavy atom. The molecule has 108 valence electrons. The van der Waals surface area contributed by atoms with Gasteiger partial charge in [-0.25, -0.2) is 0 Å². The topological polar surface area (TPSA) is 69.6 Å². The molecule has 0 heterocycles. The van der Waals surface area contributed by atoms with Gasteiger partial charge < -0.3 is 10.4 Å². The molecule has 0 saturated heterocycles. The van der Waals surface area contributed by atoms with Gasteiger partial charge in [0.15, 0.2) is 0 Å². The summed E-state index contributed by atoms with van der Waals surface area (Å²) >= 11 is 1.54. The molecule has 0 aliphatic heterocycles. The first kappa shape index (κ1) is 16.3. The van der Waals surface area contributed by atoms with E-state index in [9.17, 15) is 9.59 Å². The van der Waals surface area contributed by atoms with Gasteiger partial charge in [0.2, 0.25) is 5.91 Å². The zero-order valence-electron chi connectivity index (χ0n) is 11.3. The molecular weight excluding hydrogens is 276 g/mol. The highest BCUT2D eigenvalue weighted by Gasteiger charge is 2.13. The first-order valence-electron chi connectivity index (χ1n) is 6.04. The molecule has 2 N–H and O–H groups in total. The number of nitrogens with one attached hydrogen (secondary N) is 1. The number of thioether (sulfide) groups is 1. The molecule has 1 aromatic carbocycles. The number of hydrogen-bond donors (Lipinski definition) is 2. The fourth-order valence-electron chi connectivity index (χ4n) is 1.70. The lowest BCUT2D eigenvalue weighted by Gasteiger charge is -2.18. The summed E-state index contributed by atoms with van der Waals surface area (Å²) in [5.41, 5.74) is 0.735. The lowest BCUT2D eigenvalue weighted by molar-refractivity contribution is -0.138. The van der Waals surface area contributed by atoms with Crippen LogP contribution in [-0.2, 0) is 9.59 Å². The number of benzene rings is 1. The highest BCUT2D eigenvalue weighted by molar-refractivity contribution is 7.98. The zero-order valence-corrected chi connectivity index (χ0v) is 12.2. The molecule has 0 saturated carbocycles. The molecule has 0 unspecified atom stereocenters. The quantitative estimate of drug-likeness (QED) is 0.566. The van der Waals surface area contributed by atoms with Gasteiger partial charge in [0.1, 0.15) is 0 Å². The summed E-state index contributed by atoms with van der Waals surface area (Å²) in [4.78, 5) is 25.1. The molecule has 20 heavy (non-hydrogen) atoms. The van der Waals surface area contributed by atoms with Crippen molar-refractivity contribution < 1.29 is 14.7 Å². The maximum absolute atomic E-state index is 12.0. The number of carboxylic acid groups (broad SMARTS) is 1. The minimum absolute atomic E-state index is 0.0149. The number of nitrogens with zero attached hydrogens (tertiary/aromatic N) is 1. The Balaban J connectivity index is 2.65. The monoisotopic (exact) mass is 294 g/mol. The average molecular weight is 294 g/mol. The van der Waals surface area contributed by atoms with Gasteiger partial charge in [-0.2, -0.15) is 0 Å². The van der Waals surface area contributed by atoms with Crippen LogP contribution in [0.3, 0.4) is 0 Å². The molecule has 0 aromatic heterocycles. The largest absolute Gasteiger partial charge is 0.480 e. The molecule has 0 radical (unpaired) electrons. The fraction of sp³-hybridized carbons (Fsp3) is 0.286. The van der Waals surface area contributed by atoms with Gasteiger partial charge in [-0.15, -0.1) is 18.3 Å². The van der Waals surface area contributed by atoms with Crippen LogP contribution >= 0.6 is 11.8 Å². The van der Waals surface area contributed by atoms with E-state index in [0.29, 0.717) is 6.54 Å². The van der Waals surface area contributed by atoms with Crippen molar-refractivity contribution in [1.29, 1.82) is 0 Å². The second-order valence-electron chi connectivity index (χ2n) is 4.10. The number of carbonyl (C=O) groups excluding carboxylic acids is 1. The van der Waals surface area contributed by atoms with Crippen molar-refractivity contribution >= 4 is 29.3 Å². The van der Waals surface area contributed by atoms with E-state index in [2.05, 4.69) is 11.9 Å². The van der Waals surface area contributed by atoms with Crippen molar-refractivity contribution in [2.45, 2.75) is 4.90 Å². The molecular formula is C14H18N2O3S. The molecule has 1 aromatic rings. The lowest BCUT2D eigenvalue weighted by atomic mass is 10.3. The average Bonchev–Trinajstić information content (AvgIpc) is 2.38. The number of rotatable bonds is 8. The molecule has 0 atom stereocenters. The summed E-state index contributed by atoms with van der Waals surface area (Å²) in [5.74, 6) is -1.21. The van der Waals surface area contributed by atoms with E-state index in [1.807, 2.05) is 30.5 Å². The van der Waals surface area contributed by atoms with Crippen molar-refractivity contribution in [1.82, 2.24) is 4.90 Å². The summed E-state index contributed by atoms with van der Waals surface area (Å²) in [5, 5.41) is 11.6. The number of hydrogen-bond acceptors (Lipinski definition) is 4. The van der Waals surface area contributed by atoms with E-state index in [-0.39, 0.29) is 19.0 Å². The minimum atomic E-state index is -0.968. The van der Waals surface area contributed by atoms with Gasteiger partial charge in [-0.05, 0) is 18.4 Å². The summed E-state index contributed by atoms with van der Waals surface area (Å²) in [6.07, 6.45) is 3.51. The van der Waals surface area contributed by atoms with Crippen LogP contribution in [0.4, 0.5) is 5.69 Å². The molecule has 6 heteroatoms. The third-order valence-electron chi connectivity index (χ3n) is 2.49. The predicted molar refractivity (Wildman–Crippen MR) is 81.1 cm³/mol. The smallest absolute Gasteiger partial charge is 0.317 e. The van der Waals surface area contributed by atoms with Crippen molar-refractivity contribution in [2.75, 3.05) is 31.2 Å². The first-order chi connectivity index (χ1) is 9.56. The van der Waals surface area contributed by atoms with Gasteiger partial charge in [-0.1, -0.05) is 18.2 Å². The number of carboxylic acids is 1. The number of anilines is 1. The number of carbonyl (C=O) groups is 2.